The second-order valence-corrected chi connectivity index (χ2v) is 4.46. The molecule has 0 aromatic carbocycles. The third kappa shape index (κ3) is 7.64. The van der Waals surface area contributed by atoms with Gasteiger partial charge in [-0.25, -0.2) is 8.42 Å². The highest BCUT2D eigenvalue weighted by Crippen LogP contribution is 2.23. The van der Waals surface area contributed by atoms with Crippen molar-refractivity contribution in [3.8, 4) is 0 Å². The Hall–Kier alpha value is -0.240. The van der Waals surface area contributed by atoms with Gasteiger partial charge in [-0.1, -0.05) is 10.6 Å². The van der Waals surface area contributed by atoms with E-state index >= 15 is 0 Å². The molecule has 0 spiro atoms. The average molecular weight is 309 g/mol. The van der Waals surface area contributed by atoms with Crippen LogP contribution in [0.5, 0.6) is 0 Å². The molecule has 104 valence electrons. The lowest BCUT2D eigenvalue weighted by Crippen LogP contribution is -2.35. The average Bonchev–Trinajstić information content (AvgIpc) is 1.96. The van der Waals surface area contributed by atoms with Crippen molar-refractivity contribution in [2.75, 3.05) is 6.54 Å². The van der Waals surface area contributed by atoms with Gasteiger partial charge in [-0.15, -0.1) is 26.3 Å². The number of hydrogen-bond acceptors (Lipinski definition) is 4. The number of halogens is 6. The van der Waals surface area contributed by atoms with E-state index in [1.54, 1.807) is 0 Å². The van der Waals surface area contributed by atoms with Gasteiger partial charge in [0.2, 0.25) is 0 Å². The number of hydrogen-bond donors (Lipinski definition) is 0. The molecule has 0 rings (SSSR count). The van der Waals surface area contributed by atoms with Crippen molar-refractivity contribution in [2.24, 2.45) is 0 Å². The van der Waals surface area contributed by atoms with Crippen molar-refractivity contribution in [2.45, 2.75) is 19.6 Å². The third-order valence-electron chi connectivity index (χ3n) is 0.922. The van der Waals surface area contributed by atoms with Gasteiger partial charge in [-0.2, -0.15) is 8.37 Å². The van der Waals surface area contributed by atoms with E-state index < -0.39 is 41.8 Å². The van der Waals surface area contributed by atoms with E-state index in [0.717, 1.165) is 6.92 Å². The van der Waals surface area contributed by atoms with Crippen molar-refractivity contribution in [3.63, 3.8) is 0 Å². The van der Waals surface area contributed by atoms with Gasteiger partial charge in [-0.05, 0) is 0 Å². The van der Waals surface area contributed by atoms with Crippen LogP contribution in [0.15, 0.2) is 0 Å². The highest BCUT2D eigenvalue weighted by Gasteiger charge is 2.40. The molecule has 0 aliphatic rings. The fourth-order valence-corrected chi connectivity index (χ4v) is 2.00. The fraction of sp³-hybridized carbons (Fsp3) is 1.00. The summed E-state index contributed by atoms with van der Waals surface area (Å²) in [6, 6.07) is 0. The second kappa shape index (κ2) is 6.08. The molecule has 0 saturated heterocycles. The molecular weight excluding hydrogens is 304 g/mol. The van der Waals surface area contributed by atoms with E-state index in [-0.39, 0.29) is 3.71 Å². The van der Waals surface area contributed by atoms with Crippen LogP contribution in [0.4, 0.5) is 26.3 Å². The first-order chi connectivity index (χ1) is 7.46. The zero-order valence-electron chi connectivity index (χ0n) is 7.87. The van der Waals surface area contributed by atoms with Gasteiger partial charge >= 0.3 is 12.7 Å². The molecule has 0 aromatic rings. The summed E-state index contributed by atoms with van der Waals surface area (Å²) in [5, 5.41) is 0. The summed E-state index contributed by atoms with van der Waals surface area (Å²) in [5.74, 6) is 0. The van der Waals surface area contributed by atoms with E-state index in [0.29, 0.717) is 0 Å². The quantitative estimate of drug-likeness (QED) is 0.723. The lowest BCUT2D eigenvalue weighted by molar-refractivity contribution is -0.272. The molecule has 0 bridgehead atoms. The Labute approximate surface area is 96.3 Å². The lowest BCUT2D eigenvalue weighted by Gasteiger charge is -2.17. The van der Waals surface area contributed by atoms with Crippen LogP contribution in [-0.4, -0.2) is 31.4 Å². The Kier molecular flexibility index (Phi) is 6.00. The highest BCUT2D eigenvalue weighted by molar-refractivity contribution is 7.93. The molecule has 13 heteroatoms. The smallest absolute Gasteiger partial charge is 0.210 e. The maximum absolute atomic E-state index is 11.6. The summed E-state index contributed by atoms with van der Waals surface area (Å²) in [4.78, 5) is 0. The fourth-order valence-electron chi connectivity index (χ4n) is 0.505. The van der Waals surface area contributed by atoms with Gasteiger partial charge in [-0.3, -0.25) is 0 Å². The van der Waals surface area contributed by atoms with Gasteiger partial charge in [0.15, 0.2) is 0 Å². The Morgan fingerprint density at radius 3 is 1.41 bits per heavy atom. The topological polar surface area (TPSA) is 55.8 Å². The zero-order chi connectivity index (χ0) is 13.9. The Morgan fingerprint density at radius 1 is 0.941 bits per heavy atom. The number of rotatable bonds is 5. The predicted molar refractivity (Wildman–Crippen MR) is 42.9 cm³/mol. The summed E-state index contributed by atoms with van der Waals surface area (Å²) < 4.78 is 96.6. The monoisotopic (exact) mass is 309 g/mol. The first kappa shape index (κ1) is 16.8. The van der Waals surface area contributed by atoms with Crippen LogP contribution in [0.3, 0.4) is 0 Å². The lowest BCUT2D eigenvalue weighted by atomic mass is 10.8. The molecular formula is C4H5F6NO4S2. The first-order valence-corrected chi connectivity index (χ1v) is 5.66. The van der Waals surface area contributed by atoms with Crippen LogP contribution in [-0.2, 0) is 30.9 Å². The molecule has 17 heavy (non-hydrogen) atoms. The third-order valence-corrected chi connectivity index (χ3v) is 3.50. The molecule has 2 unspecified atom stereocenters. The van der Waals surface area contributed by atoms with Gasteiger partial charge < -0.3 is 0 Å². The van der Waals surface area contributed by atoms with E-state index in [2.05, 4.69) is 8.37 Å². The normalized spacial score (nSPS) is 17.2. The van der Waals surface area contributed by atoms with Crippen LogP contribution in [0.1, 0.15) is 6.92 Å². The minimum absolute atomic E-state index is 0.277. The van der Waals surface area contributed by atoms with Crippen molar-refractivity contribution in [1.29, 1.82) is 0 Å². The molecule has 0 aromatic heterocycles. The number of alkyl halides is 6. The SMILES string of the molecule is CCN(S(=O)OC(F)(F)F)S(=O)OC(F)(F)F. The van der Waals surface area contributed by atoms with Crippen LogP contribution in [0.2, 0.25) is 0 Å². The molecule has 0 aliphatic carbocycles. The maximum atomic E-state index is 11.6. The van der Waals surface area contributed by atoms with Gasteiger partial charge in [0.05, 0.1) is 0 Å². The van der Waals surface area contributed by atoms with Crippen molar-refractivity contribution >= 4 is 22.5 Å². The molecule has 0 heterocycles. The van der Waals surface area contributed by atoms with E-state index in [1.165, 1.54) is 0 Å². The molecule has 0 saturated carbocycles. The molecule has 0 N–H and O–H groups in total. The molecule has 0 aliphatic heterocycles. The Bertz CT molecular complexity index is 275. The molecule has 5 nitrogen and oxygen atoms in total. The van der Waals surface area contributed by atoms with Crippen LogP contribution in [0.25, 0.3) is 0 Å². The largest absolute Gasteiger partial charge is 0.536 e. The molecule has 0 amide bonds. The predicted octanol–water partition coefficient (Wildman–Crippen LogP) is 1.54. The molecule has 0 fully saturated rings. The first-order valence-electron chi connectivity index (χ1n) is 3.60. The maximum Gasteiger partial charge on any atom is 0.536 e. The highest BCUT2D eigenvalue weighted by atomic mass is 32.3. The summed E-state index contributed by atoms with van der Waals surface area (Å²) in [6.45, 7) is 0.320. The van der Waals surface area contributed by atoms with Crippen molar-refractivity contribution in [3.05, 3.63) is 0 Å². The van der Waals surface area contributed by atoms with Gasteiger partial charge in [0, 0.05) is 6.54 Å². The van der Waals surface area contributed by atoms with E-state index in [4.69, 9.17) is 0 Å². The van der Waals surface area contributed by atoms with Crippen molar-refractivity contribution in [1.82, 2.24) is 3.71 Å². The summed E-state index contributed by atoms with van der Waals surface area (Å²) in [6.07, 6.45) is -10.7. The minimum Gasteiger partial charge on any atom is -0.210 e. The summed E-state index contributed by atoms with van der Waals surface area (Å²) in [7, 11) is 0. The Balaban J connectivity index is 4.62. The standard InChI is InChI=1S/C4H5F6NO4S2/c1-2-11(16(12)14-3(5,6)7)17(13)15-4(8,9)10/h2H2,1H3. The summed E-state index contributed by atoms with van der Waals surface area (Å²) >= 11 is -6.82. The minimum atomic E-state index is -5.35. The van der Waals surface area contributed by atoms with Gasteiger partial charge in [0.25, 0.3) is 22.5 Å². The second-order valence-electron chi connectivity index (χ2n) is 2.14. The van der Waals surface area contributed by atoms with E-state index in [1.807, 2.05) is 0 Å². The zero-order valence-corrected chi connectivity index (χ0v) is 9.50. The number of nitrogens with zero attached hydrogens (tertiary/aromatic N) is 1. The van der Waals surface area contributed by atoms with Crippen LogP contribution >= 0.6 is 0 Å². The summed E-state index contributed by atoms with van der Waals surface area (Å²) in [5.41, 5.74) is 0. The Morgan fingerprint density at radius 2 is 1.24 bits per heavy atom. The molecule has 2 atom stereocenters. The van der Waals surface area contributed by atoms with Crippen molar-refractivity contribution < 1.29 is 43.1 Å². The van der Waals surface area contributed by atoms with Crippen LogP contribution in [0, 0.1) is 0 Å². The molecule has 0 radical (unpaired) electrons. The van der Waals surface area contributed by atoms with E-state index in [9.17, 15) is 34.8 Å². The van der Waals surface area contributed by atoms with Gasteiger partial charge in [0.1, 0.15) is 0 Å². The van der Waals surface area contributed by atoms with Crippen LogP contribution < -0.4 is 0 Å².